The van der Waals surface area contributed by atoms with E-state index in [0.717, 1.165) is 11.1 Å². The molecule has 3 rings (SSSR count). The van der Waals surface area contributed by atoms with Gasteiger partial charge in [0.25, 0.3) is 11.5 Å². The summed E-state index contributed by atoms with van der Waals surface area (Å²) in [5.41, 5.74) is -0.00751. The third-order valence-electron chi connectivity index (χ3n) is 3.95. The van der Waals surface area contributed by atoms with Gasteiger partial charge in [-0.2, -0.15) is 5.10 Å². The normalized spacial score (nSPS) is 15.7. The fourth-order valence-electron chi connectivity index (χ4n) is 2.72. The van der Waals surface area contributed by atoms with Crippen molar-refractivity contribution in [2.45, 2.75) is 19.4 Å². The number of ether oxygens (including phenoxy) is 2. The van der Waals surface area contributed by atoms with Gasteiger partial charge in [-0.05, 0) is 24.6 Å². The Balaban J connectivity index is 1.74. The minimum atomic E-state index is -0.252. The van der Waals surface area contributed by atoms with Crippen molar-refractivity contribution in [2.75, 3.05) is 19.7 Å². The summed E-state index contributed by atoms with van der Waals surface area (Å²) in [4.78, 5) is 25.9. The second-order valence-corrected chi connectivity index (χ2v) is 5.93. The van der Waals surface area contributed by atoms with E-state index in [1.165, 1.54) is 19.2 Å². The summed E-state index contributed by atoms with van der Waals surface area (Å²) in [6.07, 6.45) is 0.555. The highest BCUT2D eigenvalue weighted by atomic mass is 16.6. The summed E-state index contributed by atoms with van der Waals surface area (Å²) in [5, 5.41) is 4.05. The van der Waals surface area contributed by atoms with Crippen molar-refractivity contribution < 1.29 is 14.3 Å². The van der Waals surface area contributed by atoms with Crippen molar-refractivity contribution in [3.63, 3.8) is 0 Å². The SMILES string of the molecule is CCCN(CC1COc2ccccc2O1)C(=O)c1ccc(=O)n(C)n1. The molecule has 1 aliphatic heterocycles. The molecule has 2 aromatic rings. The second-order valence-electron chi connectivity index (χ2n) is 5.93. The van der Waals surface area contributed by atoms with Crippen LogP contribution in [0, 0.1) is 0 Å². The van der Waals surface area contributed by atoms with Crippen LogP contribution >= 0.6 is 0 Å². The van der Waals surface area contributed by atoms with Gasteiger partial charge in [0.15, 0.2) is 17.6 Å². The molecule has 0 N–H and O–H groups in total. The summed E-state index contributed by atoms with van der Waals surface area (Å²) in [7, 11) is 1.53. The molecule has 25 heavy (non-hydrogen) atoms. The van der Waals surface area contributed by atoms with E-state index < -0.39 is 0 Å². The topological polar surface area (TPSA) is 73.7 Å². The Hall–Kier alpha value is -2.83. The van der Waals surface area contributed by atoms with Gasteiger partial charge in [-0.3, -0.25) is 9.59 Å². The van der Waals surface area contributed by atoms with Gasteiger partial charge in [0.1, 0.15) is 12.3 Å². The molecule has 1 atom stereocenters. The van der Waals surface area contributed by atoms with E-state index in [2.05, 4.69) is 5.10 Å². The van der Waals surface area contributed by atoms with Gasteiger partial charge in [-0.25, -0.2) is 4.68 Å². The Kier molecular flexibility index (Phi) is 5.02. The van der Waals surface area contributed by atoms with Gasteiger partial charge in [-0.15, -0.1) is 0 Å². The molecule has 0 fully saturated rings. The van der Waals surface area contributed by atoms with E-state index in [1.54, 1.807) is 4.90 Å². The third-order valence-corrected chi connectivity index (χ3v) is 3.95. The van der Waals surface area contributed by atoms with Crippen molar-refractivity contribution in [3.05, 3.63) is 52.4 Å². The minimum Gasteiger partial charge on any atom is -0.486 e. The lowest BCUT2D eigenvalue weighted by atomic mass is 10.2. The molecule has 1 aromatic carbocycles. The highest BCUT2D eigenvalue weighted by Gasteiger charge is 2.26. The van der Waals surface area contributed by atoms with Crippen LogP contribution in [-0.4, -0.2) is 46.4 Å². The predicted molar refractivity (Wildman–Crippen MR) is 92.0 cm³/mol. The number of hydrogen-bond acceptors (Lipinski definition) is 5. The number of amides is 1. The predicted octanol–water partition coefficient (Wildman–Crippen LogP) is 1.47. The number of benzene rings is 1. The lowest BCUT2D eigenvalue weighted by Gasteiger charge is -2.31. The maximum atomic E-state index is 12.8. The first kappa shape index (κ1) is 17.0. The molecule has 1 amide bonds. The number of nitrogens with zero attached hydrogens (tertiary/aromatic N) is 3. The number of hydrogen-bond donors (Lipinski definition) is 0. The van der Waals surface area contributed by atoms with Crippen molar-refractivity contribution in [2.24, 2.45) is 7.05 Å². The number of aryl methyl sites for hydroxylation is 1. The quantitative estimate of drug-likeness (QED) is 0.822. The van der Waals surface area contributed by atoms with Gasteiger partial charge in [0.2, 0.25) is 0 Å². The Bertz CT molecular complexity index is 818. The summed E-state index contributed by atoms with van der Waals surface area (Å²) >= 11 is 0. The van der Waals surface area contributed by atoms with E-state index in [0.29, 0.717) is 31.2 Å². The van der Waals surface area contributed by atoms with Crippen LogP contribution in [0.2, 0.25) is 0 Å². The molecule has 0 saturated heterocycles. The van der Waals surface area contributed by atoms with Crippen LogP contribution in [0.25, 0.3) is 0 Å². The van der Waals surface area contributed by atoms with Crippen molar-refractivity contribution >= 4 is 5.91 Å². The zero-order valence-corrected chi connectivity index (χ0v) is 14.3. The maximum absolute atomic E-state index is 12.8. The van der Waals surface area contributed by atoms with Crippen LogP contribution in [0.5, 0.6) is 11.5 Å². The molecule has 1 aliphatic rings. The first-order chi connectivity index (χ1) is 12.1. The van der Waals surface area contributed by atoms with Gasteiger partial charge in [-0.1, -0.05) is 19.1 Å². The van der Waals surface area contributed by atoms with Gasteiger partial charge >= 0.3 is 0 Å². The smallest absolute Gasteiger partial charge is 0.274 e. The van der Waals surface area contributed by atoms with Crippen molar-refractivity contribution in [3.8, 4) is 11.5 Å². The van der Waals surface area contributed by atoms with E-state index >= 15 is 0 Å². The summed E-state index contributed by atoms with van der Waals surface area (Å²) in [5.74, 6) is 1.18. The zero-order chi connectivity index (χ0) is 17.8. The first-order valence-electron chi connectivity index (χ1n) is 8.30. The lowest BCUT2D eigenvalue weighted by Crippen LogP contribution is -2.44. The number of carbonyl (C=O) groups is 1. The molecule has 0 spiro atoms. The van der Waals surface area contributed by atoms with Crippen LogP contribution in [-0.2, 0) is 7.05 Å². The Labute approximate surface area is 145 Å². The fraction of sp³-hybridized carbons (Fsp3) is 0.389. The van der Waals surface area contributed by atoms with Crippen molar-refractivity contribution in [1.29, 1.82) is 0 Å². The fourth-order valence-corrected chi connectivity index (χ4v) is 2.72. The molecule has 1 aromatic heterocycles. The summed E-state index contributed by atoms with van der Waals surface area (Å²) < 4.78 is 12.8. The third kappa shape index (κ3) is 3.81. The number of carbonyl (C=O) groups excluding carboxylic acids is 1. The highest BCUT2D eigenvalue weighted by molar-refractivity contribution is 5.92. The molecule has 0 aliphatic carbocycles. The van der Waals surface area contributed by atoms with Gasteiger partial charge < -0.3 is 14.4 Å². The molecular formula is C18H21N3O4. The standard InChI is InChI=1S/C18H21N3O4/c1-3-10-21(18(23)14-8-9-17(22)20(2)19-14)11-13-12-24-15-6-4-5-7-16(15)25-13/h4-9,13H,3,10-12H2,1-2H3. The van der Waals surface area contributed by atoms with E-state index in [1.807, 2.05) is 31.2 Å². The number of fused-ring (bicyclic) bond motifs is 1. The molecule has 132 valence electrons. The zero-order valence-electron chi connectivity index (χ0n) is 14.3. The average molecular weight is 343 g/mol. The maximum Gasteiger partial charge on any atom is 0.274 e. The van der Waals surface area contributed by atoms with E-state index in [4.69, 9.17) is 9.47 Å². The van der Waals surface area contributed by atoms with Gasteiger partial charge in [0, 0.05) is 19.7 Å². The number of rotatable bonds is 5. The van der Waals surface area contributed by atoms with Crippen molar-refractivity contribution in [1.82, 2.24) is 14.7 Å². The molecular weight excluding hydrogens is 322 g/mol. The second kappa shape index (κ2) is 7.38. The van der Waals surface area contributed by atoms with Crippen LogP contribution in [0.1, 0.15) is 23.8 Å². The molecule has 7 heteroatoms. The minimum absolute atomic E-state index is 0.222. The summed E-state index contributed by atoms with van der Waals surface area (Å²) in [6, 6.07) is 10.3. The molecule has 0 radical (unpaired) electrons. The van der Waals surface area contributed by atoms with Gasteiger partial charge in [0.05, 0.1) is 6.54 Å². The monoisotopic (exact) mass is 343 g/mol. The Morgan fingerprint density at radius 3 is 2.76 bits per heavy atom. The molecule has 2 heterocycles. The Morgan fingerprint density at radius 2 is 2.04 bits per heavy atom. The van der Waals surface area contributed by atoms with E-state index in [-0.39, 0.29) is 23.3 Å². The van der Waals surface area contributed by atoms with Crippen LogP contribution in [0.3, 0.4) is 0 Å². The summed E-state index contributed by atoms with van der Waals surface area (Å²) in [6.45, 7) is 3.35. The first-order valence-corrected chi connectivity index (χ1v) is 8.30. The number of para-hydroxylation sites is 2. The number of aromatic nitrogens is 2. The largest absolute Gasteiger partial charge is 0.486 e. The molecule has 0 saturated carbocycles. The molecule has 0 bridgehead atoms. The lowest BCUT2D eigenvalue weighted by molar-refractivity contribution is 0.0457. The highest BCUT2D eigenvalue weighted by Crippen LogP contribution is 2.31. The van der Waals surface area contributed by atoms with Crippen LogP contribution in [0.4, 0.5) is 0 Å². The molecule has 7 nitrogen and oxygen atoms in total. The average Bonchev–Trinajstić information content (AvgIpc) is 2.63. The Morgan fingerprint density at radius 1 is 1.28 bits per heavy atom. The molecule has 1 unspecified atom stereocenters. The van der Waals surface area contributed by atoms with Crippen LogP contribution in [0.15, 0.2) is 41.2 Å². The van der Waals surface area contributed by atoms with Crippen LogP contribution < -0.4 is 15.0 Å². The van der Waals surface area contributed by atoms with E-state index in [9.17, 15) is 9.59 Å².